The Labute approximate surface area is 118 Å². The molecule has 0 saturated carbocycles. The summed E-state index contributed by atoms with van der Waals surface area (Å²) in [6.45, 7) is 2.26. The Balaban J connectivity index is 2.35. The van der Waals surface area contributed by atoms with Crippen molar-refractivity contribution in [3.8, 4) is 0 Å². The molecule has 0 saturated heterocycles. The highest BCUT2D eigenvalue weighted by molar-refractivity contribution is 6.07. The number of anilines is 2. The van der Waals surface area contributed by atoms with Crippen LogP contribution in [0, 0.1) is 0 Å². The second-order valence-electron chi connectivity index (χ2n) is 4.18. The average molecular weight is 298 g/mol. The van der Waals surface area contributed by atoms with Gasteiger partial charge in [0.15, 0.2) is 0 Å². The topological polar surface area (TPSA) is 69.8 Å². The number of amides is 1. The summed E-state index contributed by atoms with van der Waals surface area (Å²) in [6, 6.07) is 2.99. The van der Waals surface area contributed by atoms with E-state index in [9.17, 15) is 18.0 Å². The minimum Gasteiger partial charge on any atom is -0.385 e. The molecule has 0 radical (unpaired) electrons. The molecule has 1 amide bonds. The fourth-order valence-corrected chi connectivity index (χ4v) is 1.76. The first-order chi connectivity index (χ1) is 9.91. The van der Waals surface area contributed by atoms with Gasteiger partial charge in [-0.05, 0) is 25.1 Å². The van der Waals surface area contributed by atoms with E-state index in [0.29, 0.717) is 12.2 Å². The van der Waals surface area contributed by atoms with Crippen LogP contribution in [0.2, 0.25) is 0 Å². The van der Waals surface area contributed by atoms with Gasteiger partial charge in [0.05, 0.1) is 11.1 Å². The Kier molecular flexibility index (Phi) is 4.15. The van der Waals surface area contributed by atoms with Crippen molar-refractivity contribution in [3.05, 3.63) is 41.7 Å². The van der Waals surface area contributed by atoms with Gasteiger partial charge in [0, 0.05) is 24.6 Å². The summed E-state index contributed by atoms with van der Waals surface area (Å²) in [5.41, 5.74) is -0.647. The van der Waals surface area contributed by atoms with Crippen molar-refractivity contribution in [2.45, 2.75) is 13.1 Å². The number of nitrogens with zero attached hydrogens (tertiary/aromatic N) is 1. The van der Waals surface area contributed by atoms with E-state index < -0.39 is 17.6 Å². The number of aromatic amines is 1. The fraction of sp³-hybridized carbons (Fsp3) is 0.231. The number of hydrogen-bond acceptors (Lipinski definition) is 3. The third kappa shape index (κ3) is 3.53. The highest BCUT2D eigenvalue weighted by Gasteiger charge is 2.31. The number of aromatic nitrogens is 2. The van der Waals surface area contributed by atoms with Crippen LogP contribution in [0.3, 0.4) is 0 Å². The molecular formula is C13H13F3N4O. The molecule has 2 aromatic rings. The zero-order valence-electron chi connectivity index (χ0n) is 11.1. The van der Waals surface area contributed by atoms with E-state index in [1.54, 1.807) is 6.92 Å². The summed E-state index contributed by atoms with van der Waals surface area (Å²) in [5, 5.41) is 5.26. The van der Waals surface area contributed by atoms with Gasteiger partial charge >= 0.3 is 6.18 Å². The number of nitrogens with one attached hydrogen (secondary N) is 3. The summed E-state index contributed by atoms with van der Waals surface area (Å²) in [5.74, 6) is -0.508. The van der Waals surface area contributed by atoms with Crippen LogP contribution in [-0.4, -0.2) is 22.4 Å². The summed E-state index contributed by atoms with van der Waals surface area (Å²) < 4.78 is 38.3. The predicted molar refractivity (Wildman–Crippen MR) is 72.1 cm³/mol. The van der Waals surface area contributed by atoms with E-state index in [4.69, 9.17) is 0 Å². The van der Waals surface area contributed by atoms with Crippen LogP contribution in [0.4, 0.5) is 24.8 Å². The number of halogens is 3. The maximum Gasteiger partial charge on any atom is 0.416 e. The van der Waals surface area contributed by atoms with Crippen LogP contribution in [0.25, 0.3) is 0 Å². The first-order valence-corrected chi connectivity index (χ1v) is 6.17. The van der Waals surface area contributed by atoms with Crippen molar-refractivity contribution in [1.29, 1.82) is 0 Å². The average Bonchev–Trinajstić information content (AvgIpc) is 2.91. The lowest BCUT2D eigenvalue weighted by atomic mass is 10.1. The van der Waals surface area contributed by atoms with Crippen molar-refractivity contribution in [1.82, 2.24) is 9.97 Å². The molecule has 0 bridgehead atoms. The summed E-state index contributed by atoms with van der Waals surface area (Å²) in [7, 11) is 0. The van der Waals surface area contributed by atoms with Crippen LogP contribution in [0.5, 0.6) is 0 Å². The molecule has 5 nitrogen and oxygen atoms in total. The summed E-state index contributed by atoms with van der Waals surface area (Å²) >= 11 is 0. The minimum absolute atomic E-state index is 0.0944. The van der Waals surface area contributed by atoms with Gasteiger partial charge in [-0.25, -0.2) is 4.98 Å². The highest BCUT2D eigenvalue weighted by atomic mass is 19.4. The Hall–Kier alpha value is -2.51. The molecule has 0 aliphatic rings. The Bertz CT molecular complexity index is 623. The number of benzene rings is 1. The molecular weight excluding hydrogens is 285 g/mol. The maximum atomic E-state index is 12.8. The lowest BCUT2D eigenvalue weighted by molar-refractivity contribution is -0.137. The second-order valence-corrected chi connectivity index (χ2v) is 4.18. The third-order valence-corrected chi connectivity index (χ3v) is 2.69. The van der Waals surface area contributed by atoms with Crippen molar-refractivity contribution >= 4 is 17.5 Å². The van der Waals surface area contributed by atoms with E-state index >= 15 is 0 Å². The van der Waals surface area contributed by atoms with E-state index in [1.807, 2.05) is 0 Å². The molecule has 0 spiro atoms. The molecule has 2 rings (SSSR count). The second kappa shape index (κ2) is 5.86. The van der Waals surface area contributed by atoms with E-state index in [1.165, 1.54) is 18.5 Å². The molecule has 1 aromatic carbocycles. The Morgan fingerprint density at radius 3 is 2.71 bits per heavy atom. The normalized spacial score (nSPS) is 11.2. The van der Waals surface area contributed by atoms with Crippen molar-refractivity contribution in [2.24, 2.45) is 0 Å². The number of alkyl halides is 3. The van der Waals surface area contributed by atoms with Gasteiger partial charge in [-0.2, -0.15) is 13.2 Å². The van der Waals surface area contributed by atoms with Crippen molar-refractivity contribution in [3.63, 3.8) is 0 Å². The largest absolute Gasteiger partial charge is 0.416 e. The molecule has 1 aromatic heterocycles. The van der Waals surface area contributed by atoms with Gasteiger partial charge in [0.1, 0.15) is 0 Å². The smallest absolute Gasteiger partial charge is 0.385 e. The van der Waals surface area contributed by atoms with E-state index in [2.05, 4.69) is 20.6 Å². The molecule has 0 unspecified atom stereocenters. The monoisotopic (exact) mass is 298 g/mol. The number of carbonyl (C=O) groups is 1. The lowest BCUT2D eigenvalue weighted by Gasteiger charge is -2.13. The number of imidazole rings is 1. The molecule has 0 fully saturated rings. The molecule has 1 heterocycles. The van der Waals surface area contributed by atoms with Crippen molar-refractivity contribution < 1.29 is 18.0 Å². The van der Waals surface area contributed by atoms with Crippen LogP contribution in [-0.2, 0) is 6.18 Å². The van der Waals surface area contributed by atoms with Crippen LogP contribution in [0.15, 0.2) is 30.6 Å². The van der Waals surface area contributed by atoms with Gasteiger partial charge < -0.3 is 10.3 Å². The molecule has 21 heavy (non-hydrogen) atoms. The first-order valence-electron chi connectivity index (χ1n) is 6.17. The summed E-state index contributed by atoms with van der Waals surface area (Å²) in [6.07, 6.45) is -1.59. The fourth-order valence-electron chi connectivity index (χ4n) is 1.76. The zero-order chi connectivity index (χ0) is 15.5. The minimum atomic E-state index is -4.51. The number of hydrogen-bond donors (Lipinski definition) is 3. The standard InChI is InChI=1S/C13H13F3N4O/c1-2-17-10-4-3-8(13(14,15)16)7-9(10)11(21)20-12-18-5-6-19-12/h3-7,17H,2H2,1H3,(H2,18,19,20,21). The quantitative estimate of drug-likeness (QED) is 0.812. The molecule has 0 atom stereocenters. The van der Waals surface area contributed by atoms with Gasteiger partial charge in [0.2, 0.25) is 5.95 Å². The highest BCUT2D eigenvalue weighted by Crippen LogP contribution is 2.32. The third-order valence-electron chi connectivity index (χ3n) is 2.69. The lowest BCUT2D eigenvalue weighted by Crippen LogP contribution is -2.17. The van der Waals surface area contributed by atoms with Crippen molar-refractivity contribution in [2.75, 3.05) is 17.2 Å². The molecule has 112 valence electrons. The zero-order valence-corrected chi connectivity index (χ0v) is 11.1. The van der Waals surface area contributed by atoms with Gasteiger partial charge in [-0.15, -0.1) is 0 Å². The molecule has 0 aliphatic heterocycles. The summed E-state index contributed by atoms with van der Waals surface area (Å²) in [4.78, 5) is 18.6. The van der Waals surface area contributed by atoms with Gasteiger partial charge in [-0.1, -0.05) is 0 Å². The molecule has 0 aliphatic carbocycles. The van der Waals surface area contributed by atoms with Crippen LogP contribution < -0.4 is 10.6 Å². The van der Waals surface area contributed by atoms with E-state index in [-0.39, 0.29) is 11.5 Å². The Morgan fingerprint density at radius 2 is 2.14 bits per heavy atom. The first kappa shape index (κ1) is 14.9. The maximum absolute atomic E-state index is 12.8. The van der Waals surface area contributed by atoms with Crippen LogP contribution in [0.1, 0.15) is 22.8 Å². The number of rotatable bonds is 4. The predicted octanol–water partition coefficient (Wildman–Crippen LogP) is 3.11. The van der Waals surface area contributed by atoms with Crippen LogP contribution >= 0.6 is 0 Å². The van der Waals surface area contributed by atoms with E-state index in [0.717, 1.165) is 12.1 Å². The van der Waals surface area contributed by atoms with Gasteiger partial charge in [-0.3, -0.25) is 10.1 Å². The number of carbonyl (C=O) groups excluding carboxylic acids is 1. The molecule has 8 heteroatoms. The number of H-pyrrole nitrogens is 1. The Morgan fingerprint density at radius 1 is 1.38 bits per heavy atom. The molecule has 3 N–H and O–H groups in total. The SMILES string of the molecule is CCNc1ccc(C(F)(F)F)cc1C(=O)Nc1ncc[nH]1. The van der Waals surface area contributed by atoms with Gasteiger partial charge in [0.25, 0.3) is 5.91 Å².